The van der Waals surface area contributed by atoms with Crippen molar-refractivity contribution >= 4 is 33.9 Å². The number of aliphatic hydroxyl groups is 1. The van der Waals surface area contributed by atoms with E-state index in [-0.39, 0.29) is 17.1 Å². The van der Waals surface area contributed by atoms with E-state index in [2.05, 4.69) is 15.3 Å². The maximum atomic E-state index is 14.2. The zero-order valence-electron chi connectivity index (χ0n) is 23.3. The number of likely N-dealkylation sites (N-methyl/N-ethyl adjacent to an activating group) is 1. The average molecular weight is 564 g/mol. The molecule has 214 valence electrons. The lowest BCUT2D eigenvalue weighted by molar-refractivity contribution is -0.112. The molecule has 0 saturated heterocycles. The number of hydrogen-bond acceptors (Lipinski definition) is 8. The number of primary amides is 1. The fourth-order valence-electron chi connectivity index (χ4n) is 4.20. The number of ether oxygens (including phenoxy) is 2. The van der Waals surface area contributed by atoms with Gasteiger partial charge in [0.2, 0.25) is 11.7 Å². The molecule has 41 heavy (non-hydrogen) atoms. The second kappa shape index (κ2) is 11.9. The predicted molar refractivity (Wildman–Crippen MR) is 153 cm³/mol. The van der Waals surface area contributed by atoms with Gasteiger partial charge in [0.15, 0.2) is 11.6 Å². The number of anilines is 2. The van der Waals surface area contributed by atoms with Crippen LogP contribution in [0.25, 0.3) is 16.5 Å². The molecule has 1 amide bonds. The minimum absolute atomic E-state index is 0.189. The summed E-state index contributed by atoms with van der Waals surface area (Å²) in [6.07, 6.45) is 3.09. The highest BCUT2D eigenvalue weighted by Gasteiger charge is 2.23. The summed E-state index contributed by atoms with van der Waals surface area (Å²) in [5, 5.41) is 14.7. The molecule has 0 saturated carbocycles. The molecule has 0 atom stereocenters. The average Bonchev–Trinajstić information content (AvgIpc) is 2.91. The molecule has 0 aliphatic heterocycles. The van der Waals surface area contributed by atoms with Gasteiger partial charge in [-0.05, 0) is 64.3 Å². The number of methoxy groups -OCH3 is 1. The van der Waals surface area contributed by atoms with E-state index in [0.29, 0.717) is 45.8 Å². The molecule has 3 aromatic carbocycles. The van der Waals surface area contributed by atoms with Gasteiger partial charge in [-0.2, -0.15) is 4.39 Å². The Morgan fingerprint density at radius 1 is 1.12 bits per heavy atom. The lowest BCUT2D eigenvalue weighted by Gasteiger charge is -2.23. The molecule has 11 heteroatoms. The minimum Gasteiger partial charge on any atom is -0.496 e. The van der Waals surface area contributed by atoms with Crippen LogP contribution >= 0.6 is 0 Å². The van der Waals surface area contributed by atoms with Gasteiger partial charge in [-0.1, -0.05) is 12.1 Å². The fourth-order valence-corrected chi connectivity index (χ4v) is 4.20. The SMILES string of the molecule is COc1cc2ncnc(Nc3ccc(Oc4cccc(F)c4F)cc3C(C)(C)O)c2cc1C(=CCN(C)C)C(N)=O. The van der Waals surface area contributed by atoms with Crippen LogP contribution in [0.15, 0.2) is 60.9 Å². The molecule has 4 rings (SSSR count). The number of hydrogen-bond donors (Lipinski definition) is 3. The first kappa shape index (κ1) is 29.4. The Morgan fingerprint density at radius 2 is 1.88 bits per heavy atom. The van der Waals surface area contributed by atoms with Crippen molar-refractivity contribution < 1.29 is 28.2 Å². The quantitative estimate of drug-likeness (QED) is 0.228. The summed E-state index contributed by atoms with van der Waals surface area (Å²) in [6.45, 7) is 3.63. The van der Waals surface area contributed by atoms with Gasteiger partial charge in [0.25, 0.3) is 0 Å². The minimum atomic E-state index is -1.37. The Hall–Kier alpha value is -4.61. The Bertz CT molecular complexity index is 1630. The second-order valence-corrected chi connectivity index (χ2v) is 10.1. The number of carbonyl (C=O) groups excluding carboxylic acids is 1. The van der Waals surface area contributed by atoms with Gasteiger partial charge in [-0.3, -0.25) is 4.79 Å². The molecule has 0 fully saturated rings. The number of fused-ring (bicyclic) bond motifs is 1. The molecule has 9 nitrogen and oxygen atoms in total. The first-order valence-corrected chi connectivity index (χ1v) is 12.6. The van der Waals surface area contributed by atoms with Crippen LogP contribution in [0.4, 0.5) is 20.3 Å². The van der Waals surface area contributed by atoms with Gasteiger partial charge >= 0.3 is 0 Å². The molecule has 0 aliphatic carbocycles. The van der Waals surface area contributed by atoms with E-state index in [0.717, 1.165) is 6.07 Å². The van der Waals surface area contributed by atoms with Crippen LogP contribution in [0.3, 0.4) is 0 Å². The molecule has 1 heterocycles. The largest absolute Gasteiger partial charge is 0.496 e. The Morgan fingerprint density at radius 3 is 2.54 bits per heavy atom. The van der Waals surface area contributed by atoms with Crippen molar-refractivity contribution in [1.82, 2.24) is 14.9 Å². The van der Waals surface area contributed by atoms with E-state index in [1.54, 1.807) is 44.2 Å². The number of halogens is 2. The van der Waals surface area contributed by atoms with Crippen molar-refractivity contribution in [3.63, 3.8) is 0 Å². The van der Waals surface area contributed by atoms with Gasteiger partial charge in [0, 0.05) is 40.4 Å². The number of aromatic nitrogens is 2. The lowest BCUT2D eigenvalue weighted by Crippen LogP contribution is -2.18. The van der Waals surface area contributed by atoms with Crippen molar-refractivity contribution in [3.05, 3.63) is 83.7 Å². The van der Waals surface area contributed by atoms with Gasteiger partial charge in [-0.15, -0.1) is 0 Å². The number of nitrogens with zero attached hydrogens (tertiary/aromatic N) is 3. The monoisotopic (exact) mass is 563 g/mol. The third-order valence-corrected chi connectivity index (χ3v) is 6.22. The number of nitrogens with one attached hydrogen (secondary N) is 1. The van der Waals surface area contributed by atoms with Crippen LogP contribution in [0, 0.1) is 11.6 Å². The predicted octanol–water partition coefficient (Wildman–Crippen LogP) is 5.11. The van der Waals surface area contributed by atoms with Gasteiger partial charge in [0.1, 0.15) is 23.6 Å². The van der Waals surface area contributed by atoms with E-state index in [1.165, 1.54) is 31.6 Å². The zero-order chi connectivity index (χ0) is 29.9. The Kier molecular flexibility index (Phi) is 8.50. The van der Waals surface area contributed by atoms with Crippen molar-refractivity contribution in [2.45, 2.75) is 19.4 Å². The van der Waals surface area contributed by atoms with Gasteiger partial charge in [0.05, 0.1) is 18.2 Å². The molecule has 0 radical (unpaired) electrons. The highest BCUT2D eigenvalue weighted by Crippen LogP contribution is 2.38. The van der Waals surface area contributed by atoms with Crippen molar-refractivity contribution in [2.75, 3.05) is 33.1 Å². The van der Waals surface area contributed by atoms with E-state index < -0.39 is 23.1 Å². The summed E-state index contributed by atoms with van der Waals surface area (Å²) in [5.74, 6) is -2.08. The van der Waals surface area contributed by atoms with Crippen molar-refractivity contribution in [1.29, 1.82) is 0 Å². The molecule has 0 spiro atoms. The normalized spacial score (nSPS) is 12.1. The van der Waals surface area contributed by atoms with Gasteiger partial charge < -0.3 is 30.5 Å². The third-order valence-electron chi connectivity index (χ3n) is 6.22. The highest BCUT2D eigenvalue weighted by molar-refractivity contribution is 6.20. The fraction of sp³-hybridized carbons (Fsp3) is 0.233. The zero-order valence-corrected chi connectivity index (χ0v) is 23.3. The molecule has 4 aromatic rings. The topological polar surface area (TPSA) is 123 Å². The Balaban J connectivity index is 1.80. The number of carbonyl (C=O) groups is 1. The summed E-state index contributed by atoms with van der Waals surface area (Å²) in [6, 6.07) is 11.7. The van der Waals surface area contributed by atoms with Crippen LogP contribution in [0.5, 0.6) is 17.2 Å². The lowest BCUT2D eigenvalue weighted by atomic mass is 9.96. The van der Waals surface area contributed by atoms with Crippen LogP contribution < -0.4 is 20.5 Å². The smallest absolute Gasteiger partial charge is 0.249 e. The number of rotatable bonds is 10. The summed E-state index contributed by atoms with van der Waals surface area (Å²) >= 11 is 0. The van der Waals surface area contributed by atoms with E-state index in [4.69, 9.17) is 15.2 Å². The molecule has 4 N–H and O–H groups in total. The van der Waals surface area contributed by atoms with E-state index in [9.17, 15) is 18.7 Å². The van der Waals surface area contributed by atoms with Crippen molar-refractivity contribution in [2.24, 2.45) is 5.73 Å². The van der Waals surface area contributed by atoms with Crippen LogP contribution in [0.2, 0.25) is 0 Å². The molecule has 0 aliphatic rings. The van der Waals surface area contributed by atoms with Crippen LogP contribution in [-0.4, -0.2) is 53.6 Å². The maximum Gasteiger partial charge on any atom is 0.249 e. The standard InChI is InChI=1S/C30H31F2N5O4/c1-30(2,39)21-13-17(41-25-8-6-7-22(31)27(25)32)9-10-23(21)36-29-20-14-19(18(28(33)38)11-12-37(3)4)26(40-5)15-24(20)34-16-35-29/h6-11,13-16,39H,12H2,1-5H3,(H2,33,38)(H,34,35,36). The number of nitrogens with two attached hydrogens (primary N) is 1. The summed E-state index contributed by atoms with van der Waals surface area (Å²) < 4.78 is 39.0. The van der Waals surface area contributed by atoms with Crippen LogP contribution in [-0.2, 0) is 10.4 Å². The summed E-state index contributed by atoms with van der Waals surface area (Å²) in [7, 11) is 5.23. The molecule has 0 unspecified atom stereocenters. The Labute approximate surface area is 236 Å². The first-order valence-electron chi connectivity index (χ1n) is 12.6. The van der Waals surface area contributed by atoms with E-state index >= 15 is 0 Å². The van der Waals surface area contributed by atoms with Gasteiger partial charge in [-0.25, -0.2) is 14.4 Å². The summed E-state index contributed by atoms with van der Waals surface area (Å²) in [5.41, 5.74) is 6.51. The number of benzene rings is 3. The molecular weight excluding hydrogens is 532 g/mol. The molecule has 1 aromatic heterocycles. The summed E-state index contributed by atoms with van der Waals surface area (Å²) in [4.78, 5) is 23.0. The molecule has 0 bridgehead atoms. The first-order chi connectivity index (χ1) is 19.4. The van der Waals surface area contributed by atoms with Crippen LogP contribution in [0.1, 0.15) is 25.0 Å². The second-order valence-electron chi connectivity index (χ2n) is 10.1. The van der Waals surface area contributed by atoms with E-state index in [1.807, 2.05) is 19.0 Å². The maximum absolute atomic E-state index is 14.2. The highest BCUT2D eigenvalue weighted by atomic mass is 19.2. The number of amides is 1. The molecular formula is C30H31F2N5O4. The third kappa shape index (κ3) is 6.59. The van der Waals surface area contributed by atoms with Crippen molar-refractivity contribution in [3.8, 4) is 17.2 Å².